The second-order valence-corrected chi connectivity index (χ2v) is 14.9. The molecule has 0 heterocycles. The summed E-state index contributed by atoms with van der Waals surface area (Å²) < 4.78 is 26.7. The molecular weight excluding hydrogens is 611 g/mol. The summed E-state index contributed by atoms with van der Waals surface area (Å²) in [4.78, 5) is 30.5. The van der Waals surface area contributed by atoms with Crippen LogP contribution in [0.15, 0.2) is 12.3 Å². The number of carbonyl (C=O) groups is 1. The predicted molar refractivity (Wildman–Crippen MR) is 197 cm³/mol. The fourth-order valence-electron chi connectivity index (χ4n) is 5.94. The topological polar surface area (TPSA) is 102 Å². The van der Waals surface area contributed by atoms with Gasteiger partial charge < -0.3 is 19.3 Å². The first kappa shape index (κ1) is 46.1. The second kappa shape index (κ2) is 36.4. The molecule has 0 fully saturated rings. The molecule has 47 heavy (non-hydrogen) atoms. The van der Waals surface area contributed by atoms with Gasteiger partial charge in [0.05, 0.1) is 12.9 Å². The van der Waals surface area contributed by atoms with Crippen LogP contribution in [-0.4, -0.2) is 35.1 Å². The lowest BCUT2D eigenvalue weighted by Crippen LogP contribution is -2.27. The van der Waals surface area contributed by atoms with E-state index in [0.29, 0.717) is 6.42 Å². The van der Waals surface area contributed by atoms with Crippen LogP contribution in [0.4, 0.5) is 0 Å². The number of hydrogen-bond donors (Lipinski definition) is 2. The number of hydrogen-bond acceptors (Lipinski definition) is 5. The van der Waals surface area contributed by atoms with Gasteiger partial charge in [0, 0.05) is 6.42 Å². The lowest BCUT2D eigenvalue weighted by molar-refractivity contribution is -0.153. The summed E-state index contributed by atoms with van der Waals surface area (Å²) in [7, 11) is -4.66. The van der Waals surface area contributed by atoms with Gasteiger partial charge in [-0.05, 0) is 25.3 Å². The van der Waals surface area contributed by atoms with Crippen molar-refractivity contribution in [2.75, 3.05) is 13.2 Å². The first-order chi connectivity index (χ1) is 22.9. The van der Waals surface area contributed by atoms with Crippen LogP contribution in [0, 0.1) is 0 Å². The van der Waals surface area contributed by atoms with Crippen molar-refractivity contribution in [3.05, 3.63) is 12.3 Å². The van der Waals surface area contributed by atoms with E-state index in [2.05, 4.69) is 18.4 Å². The molecule has 0 aliphatic carbocycles. The Balaban J connectivity index is 3.81. The Kier molecular flexibility index (Phi) is 35.7. The zero-order chi connectivity index (χ0) is 34.5. The fraction of sp³-hybridized carbons (Fsp3) is 0.923. The van der Waals surface area contributed by atoms with Gasteiger partial charge in [-0.15, -0.1) is 0 Å². The van der Waals surface area contributed by atoms with Crippen LogP contribution in [0.25, 0.3) is 0 Å². The Hall–Kier alpha value is -0.880. The van der Waals surface area contributed by atoms with E-state index in [1.54, 1.807) is 6.26 Å². The summed E-state index contributed by atoms with van der Waals surface area (Å²) in [6.07, 6.45) is 41.5. The van der Waals surface area contributed by atoms with Crippen LogP contribution < -0.4 is 0 Å². The van der Waals surface area contributed by atoms with Crippen LogP contribution in [-0.2, 0) is 23.4 Å². The standard InChI is InChI=1S/C39H77O7P/c1-3-5-7-9-11-13-15-17-18-19-20-21-23-25-27-29-31-33-35-44-36-38(37-45-47(41,42)43)46-39(40)34-32-30-28-26-24-22-16-14-12-10-8-6-4-2/h33,35,38H,3-32,34,36-37H2,1-2H3,(H2,41,42,43)/b35-33-/t38-/m1/s1. The molecule has 0 saturated heterocycles. The summed E-state index contributed by atoms with van der Waals surface area (Å²) in [5.74, 6) is -0.381. The fourth-order valence-corrected chi connectivity index (χ4v) is 6.30. The molecular formula is C39H77O7P. The second-order valence-electron chi connectivity index (χ2n) is 13.7. The molecule has 2 N–H and O–H groups in total. The highest BCUT2D eigenvalue weighted by Crippen LogP contribution is 2.36. The van der Waals surface area contributed by atoms with Crippen LogP contribution >= 0.6 is 7.82 Å². The molecule has 0 bridgehead atoms. The van der Waals surface area contributed by atoms with Gasteiger partial charge in [-0.2, -0.15) is 0 Å². The van der Waals surface area contributed by atoms with Crippen molar-refractivity contribution in [1.82, 2.24) is 0 Å². The third kappa shape index (κ3) is 39.4. The largest absolute Gasteiger partial charge is 0.498 e. The molecule has 0 aromatic carbocycles. The molecule has 0 aliphatic rings. The molecule has 0 saturated carbocycles. The molecule has 0 aromatic rings. The maximum atomic E-state index is 12.3. The van der Waals surface area contributed by atoms with Gasteiger partial charge in [-0.3, -0.25) is 9.32 Å². The first-order valence-corrected chi connectivity index (χ1v) is 21.6. The zero-order valence-electron chi connectivity index (χ0n) is 30.9. The summed E-state index contributed by atoms with van der Waals surface area (Å²) in [6, 6.07) is 0. The number of carbonyl (C=O) groups excluding carboxylic acids is 1. The molecule has 8 heteroatoms. The number of unbranched alkanes of at least 4 members (excludes halogenated alkanes) is 28. The predicted octanol–water partition coefficient (Wildman–Crippen LogP) is 12.7. The van der Waals surface area contributed by atoms with Gasteiger partial charge in [0.1, 0.15) is 6.61 Å². The minimum atomic E-state index is -4.66. The van der Waals surface area contributed by atoms with Crippen molar-refractivity contribution in [3.8, 4) is 0 Å². The van der Waals surface area contributed by atoms with Gasteiger partial charge in [-0.1, -0.05) is 187 Å². The lowest BCUT2D eigenvalue weighted by atomic mass is 10.0. The Morgan fingerprint density at radius 2 is 0.915 bits per heavy atom. The number of ether oxygens (including phenoxy) is 2. The molecule has 0 amide bonds. The van der Waals surface area contributed by atoms with Gasteiger partial charge in [0.25, 0.3) is 0 Å². The Morgan fingerprint density at radius 3 is 1.30 bits per heavy atom. The van der Waals surface area contributed by atoms with Gasteiger partial charge >= 0.3 is 13.8 Å². The molecule has 0 rings (SSSR count). The van der Waals surface area contributed by atoms with Crippen LogP contribution in [0.2, 0.25) is 0 Å². The summed E-state index contributed by atoms with van der Waals surface area (Å²) in [5, 5.41) is 0. The van der Waals surface area contributed by atoms with Crippen molar-refractivity contribution in [1.29, 1.82) is 0 Å². The van der Waals surface area contributed by atoms with Crippen LogP contribution in [0.1, 0.15) is 213 Å². The smallest absolute Gasteiger partial charge is 0.469 e. The van der Waals surface area contributed by atoms with Crippen molar-refractivity contribution in [3.63, 3.8) is 0 Å². The maximum absolute atomic E-state index is 12.3. The molecule has 7 nitrogen and oxygen atoms in total. The third-order valence-corrected chi connectivity index (χ3v) is 9.40. The number of phosphoric ester groups is 1. The van der Waals surface area contributed by atoms with E-state index in [1.807, 2.05) is 6.08 Å². The molecule has 0 spiro atoms. The number of rotatable bonds is 38. The molecule has 0 aromatic heterocycles. The minimum Gasteiger partial charge on any atom is -0.498 e. The van der Waals surface area contributed by atoms with E-state index >= 15 is 0 Å². The highest BCUT2D eigenvalue weighted by molar-refractivity contribution is 7.46. The van der Waals surface area contributed by atoms with Crippen LogP contribution in [0.3, 0.4) is 0 Å². The van der Waals surface area contributed by atoms with E-state index < -0.39 is 20.5 Å². The highest BCUT2D eigenvalue weighted by Gasteiger charge is 2.21. The molecule has 0 aliphatic heterocycles. The quantitative estimate of drug-likeness (QED) is 0.0288. The lowest BCUT2D eigenvalue weighted by Gasteiger charge is -2.18. The summed E-state index contributed by atoms with van der Waals surface area (Å²) in [6.45, 7) is 4.12. The average Bonchev–Trinajstić information content (AvgIpc) is 3.04. The van der Waals surface area contributed by atoms with E-state index in [1.165, 1.54) is 161 Å². The van der Waals surface area contributed by atoms with Gasteiger partial charge in [0.2, 0.25) is 0 Å². The highest BCUT2D eigenvalue weighted by atomic mass is 31.2. The monoisotopic (exact) mass is 689 g/mol. The van der Waals surface area contributed by atoms with Gasteiger partial charge in [0.15, 0.2) is 6.10 Å². The molecule has 0 radical (unpaired) electrons. The minimum absolute atomic E-state index is 0.000196. The molecule has 0 unspecified atom stereocenters. The summed E-state index contributed by atoms with van der Waals surface area (Å²) >= 11 is 0. The Labute approximate surface area is 291 Å². The van der Waals surface area contributed by atoms with Crippen molar-refractivity contribution >= 4 is 13.8 Å². The van der Waals surface area contributed by atoms with E-state index in [4.69, 9.17) is 19.3 Å². The average molecular weight is 689 g/mol. The third-order valence-electron chi connectivity index (χ3n) is 8.91. The van der Waals surface area contributed by atoms with E-state index in [0.717, 1.165) is 32.1 Å². The van der Waals surface area contributed by atoms with E-state index in [-0.39, 0.29) is 12.6 Å². The van der Waals surface area contributed by atoms with Gasteiger partial charge in [-0.25, -0.2) is 4.57 Å². The number of allylic oxidation sites excluding steroid dienone is 1. The Bertz CT molecular complexity index is 724. The zero-order valence-corrected chi connectivity index (χ0v) is 31.8. The van der Waals surface area contributed by atoms with Crippen molar-refractivity contribution in [2.45, 2.75) is 219 Å². The maximum Gasteiger partial charge on any atom is 0.469 e. The Morgan fingerprint density at radius 1 is 0.553 bits per heavy atom. The van der Waals surface area contributed by atoms with Crippen molar-refractivity contribution in [2.24, 2.45) is 0 Å². The number of phosphoric acid groups is 1. The normalized spacial score (nSPS) is 12.6. The molecule has 280 valence electrons. The van der Waals surface area contributed by atoms with Crippen molar-refractivity contribution < 1.29 is 33.1 Å². The summed E-state index contributed by atoms with van der Waals surface area (Å²) in [5.41, 5.74) is 0. The SMILES string of the molecule is CCCCCCCCCCCCCCCCCC/C=C\OC[C@H](COP(=O)(O)O)OC(=O)CCCCCCCCCCCCCCC. The van der Waals surface area contributed by atoms with E-state index in [9.17, 15) is 9.36 Å². The number of esters is 1. The van der Waals surface area contributed by atoms with Crippen LogP contribution in [0.5, 0.6) is 0 Å². The first-order valence-electron chi connectivity index (χ1n) is 20.0. The molecule has 1 atom stereocenters.